The Morgan fingerprint density at radius 3 is 2.48 bits per heavy atom. The van der Waals surface area contributed by atoms with E-state index in [1.807, 2.05) is 61.7 Å². The number of hydrogen-bond acceptors (Lipinski definition) is 3. The molecule has 132 valence electrons. The summed E-state index contributed by atoms with van der Waals surface area (Å²) in [7, 11) is 1.74. The summed E-state index contributed by atoms with van der Waals surface area (Å²) >= 11 is 1.66. The van der Waals surface area contributed by atoms with Gasteiger partial charge in [-0.25, -0.2) is 0 Å². The van der Waals surface area contributed by atoms with E-state index in [4.69, 9.17) is 0 Å². The number of likely N-dealkylation sites (N-methyl/N-ethyl adjacent to an activating group) is 1. The van der Waals surface area contributed by atoms with Gasteiger partial charge in [-0.1, -0.05) is 35.9 Å². The van der Waals surface area contributed by atoms with Gasteiger partial charge in [-0.15, -0.1) is 0 Å². The van der Waals surface area contributed by atoms with Gasteiger partial charge in [0.2, 0.25) is 5.91 Å². The van der Waals surface area contributed by atoms with Crippen LogP contribution in [0.1, 0.15) is 22.3 Å². The van der Waals surface area contributed by atoms with E-state index in [-0.39, 0.29) is 11.8 Å². The number of nitrogens with one attached hydrogen (secondary N) is 1. The minimum Gasteiger partial charge on any atom is -0.340 e. The highest BCUT2D eigenvalue weighted by atomic mass is 32.2. The minimum absolute atomic E-state index is 0.110. The number of benzene rings is 2. The summed E-state index contributed by atoms with van der Waals surface area (Å²) in [5.74, 6) is 0.471. The van der Waals surface area contributed by atoms with E-state index in [9.17, 15) is 9.59 Å². The fourth-order valence-electron chi connectivity index (χ4n) is 2.53. The largest absolute Gasteiger partial charge is 0.340 e. The van der Waals surface area contributed by atoms with Crippen LogP contribution in [-0.2, 0) is 4.79 Å². The molecule has 25 heavy (non-hydrogen) atoms. The molecule has 1 atom stereocenters. The average Bonchev–Trinajstić information content (AvgIpc) is 2.64. The molecule has 0 aromatic heterocycles. The van der Waals surface area contributed by atoms with Crippen molar-refractivity contribution in [2.75, 3.05) is 24.0 Å². The molecule has 0 fully saturated rings. The summed E-state index contributed by atoms with van der Waals surface area (Å²) in [6.07, 6.45) is 2.58. The zero-order valence-electron chi connectivity index (χ0n) is 14.9. The highest BCUT2D eigenvalue weighted by molar-refractivity contribution is 7.98. The second-order valence-electron chi connectivity index (χ2n) is 5.91. The van der Waals surface area contributed by atoms with Crippen molar-refractivity contribution in [2.24, 2.45) is 0 Å². The van der Waals surface area contributed by atoms with E-state index in [2.05, 4.69) is 5.32 Å². The van der Waals surface area contributed by atoms with Crippen LogP contribution in [0.25, 0.3) is 0 Å². The summed E-state index contributed by atoms with van der Waals surface area (Å²) in [6.45, 7) is 1.94. The fourth-order valence-corrected chi connectivity index (χ4v) is 3.00. The summed E-state index contributed by atoms with van der Waals surface area (Å²) in [5.41, 5.74) is 2.40. The number of nitrogens with zero attached hydrogens (tertiary/aromatic N) is 1. The lowest BCUT2D eigenvalue weighted by Gasteiger charge is -2.24. The molecule has 2 rings (SSSR count). The number of para-hydroxylation sites is 1. The Balaban J connectivity index is 2.14. The Morgan fingerprint density at radius 2 is 1.84 bits per heavy atom. The molecular formula is C20H24N2O2S. The van der Waals surface area contributed by atoms with Crippen LogP contribution in [0.5, 0.6) is 0 Å². The second-order valence-corrected chi connectivity index (χ2v) is 6.90. The molecule has 0 saturated carbocycles. The molecule has 0 spiro atoms. The maximum Gasteiger partial charge on any atom is 0.251 e. The van der Waals surface area contributed by atoms with Crippen molar-refractivity contribution in [1.82, 2.24) is 5.32 Å². The number of carbonyl (C=O) groups excluding carboxylic acids is 2. The maximum absolute atomic E-state index is 12.9. The molecule has 2 aromatic rings. The lowest BCUT2D eigenvalue weighted by molar-refractivity contribution is -0.120. The van der Waals surface area contributed by atoms with E-state index in [0.29, 0.717) is 12.0 Å². The van der Waals surface area contributed by atoms with Crippen LogP contribution in [0.4, 0.5) is 5.69 Å². The van der Waals surface area contributed by atoms with Crippen LogP contribution in [0, 0.1) is 6.92 Å². The normalized spacial score (nSPS) is 11.6. The predicted octanol–water partition coefficient (Wildman–Crippen LogP) is 3.51. The molecule has 4 nitrogen and oxygen atoms in total. The quantitative estimate of drug-likeness (QED) is 0.826. The Bertz CT molecular complexity index is 719. The number of amides is 2. The first-order chi connectivity index (χ1) is 12.0. The molecule has 0 aliphatic carbocycles. The molecule has 5 heteroatoms. The number of rotatable bonds is 7. The van der Waals surface area contributed by atoms with E-state index in [1.54, 1.807) is 29.8 Å². The third-order valence-electron chi connectivity index (χ3n) is 3.97. The summed E-state index contributed by atoms with van der Waals surface area (Å²) < 4.78 is 0. The van der Waals surface area contributed by atoms with Crippen molar-refractivity contribution >= 4 is 29.3 Å². The van der Waals surface area contributed by atoms with Gasteiger partial charge in [0, 0.05) is 18.3 Å². The van der Waals surface area contributed by atoms with Gasteiger partial charge in [0.25, 0.3) is 5.91 Å². The summed E-state index contributed by atoms with van der Waals surface area (Å²) in [6, 6.07) is 16.3. The lowest BCUT2D eigenvalue weighted by atomic mass is 10.1. The average molecular weight is 356 g/mol. The number of aryl methyl sites for hydroxylation is 1. The Hall–Kier alpha value is -2.27. The number of hydrogen-bond donors (Lipinski definition) is 1. The zero-order valence-corrected chi connectivity index (χ0v) is 15.7. The van der Waals surface area contributed by atoms with E-state index < -0.39 is 6.04 Å². The van der Waals surface area contributed by atoms with E-state index in [0.717, 1.165) is 17.0 Å². The number of thioether (sulfide) groups is 1. The monoisotopic (exact) mass is 356 g/mol. The first kappa shape index (κ1) is 19.1. The van der Waals surface area contributed by atoms with Crippen molar-refractivity contribution in [2.45, 2.75) is 19.4 Å². The van der Waals surface area contributed by atoms with Crippen molar-refractivity contribution < 1.29 is 9.59 Å². The molecule has 0 radical (unpaired) electrons. The standard InChI is InChI=1S/C20H24N2O2S/c1-15-8-7-9-16(14-15)19(23)21-18(12-13-25-3)20(24)22(2)17-10-5-4-6-11-17/h4-11,14,18H,12-13H2,1-3H3,(H,21,23). The molecule has 0 bridgehead atoms. The topological polar surface area (TPSA) is 49.4 Å². The molecule has 0 aliphatic rings. The minimum atomic E-state index is -0.550. The lowest BCUT2D eigenvalue weighted by Crippen LogP contribution is -2.47. The van der Waals surface area contributed by atoms with Gasteiger partial charge in [-0.3, -0.25) is 9.59 Å². The van der Waals surface area contributed by atoms with Gasteiger partial charge in [-0.2, -0.15) is 11.8 Å². The van der Waals surface area contributed by atoms with Crippen LogP contribution < -0.4 is 10.2 Å². The summed E-state index contributed by atoms with van der Waals surface area (Å²) in [4.78, 5) is 27.0. The first-order valence-corrected chi connectivity index (χ1v) is 9.61. The molecule has 0 heterocycles. The van der Waals surface area contributed by atoms with Gasteiger partial charge in [0.05, 0.1) is 0 Å². The molecular weight excluding hydrogens is 332 g/mol. The highest BCUT2D eigenvalue weighted by Crippen LogP contribution is 2.14. The van der Waals surface area contributed by atoms with Crippen molar-refractivity contribution in [3.05, 3.63) is 65.7 Å². The van der Waals surface area contributed by atoms with Gasteiger partial charge >= 0.3 is 0 Å². The molecule has 0 aliphatic heterocycles. The molecule has 2 amide bonds. The zero-order chi connectivity index (χ0) is 18.2. The molecule has 2 aromatic carbocycles. The third kappa shape index (κ3) is 5.36. The van der Waals surface area contributed by atoms with Crippen molar-refractivity contribution in [3.8, 4) is 0 Å². The molecule has 1 unspecified atom stereocenters. The first-order valence-electron chi connectivity index (χ1n) is 8.22. The predicted molar refractivity (Wildman–Crippen MR) is 105 cm³/mol. The van der Waals surface area contributed by atoms with E-state index in [1.165, 1.54) is 0 Å². The fraction of sp³-hybridized carbons (Fsp3) is 0.300. The molecule has 0 saturated heterocycles. The van der Waals surface area contributed by atoms with Crippen LogP contribution in [0.15, 0.2) is 54.6 Å². The van der Waals surface area contributed by atoms with Crippen LogP contribution >= 0.6 is 11.8 Å². The Kier molecular flexibility index (Phi) is 7.07. The Morgan fingerprint density at radius 1 is 1.12 bits per heavy atom. The van der Waals surface area contributed by atoms with Crippen molar-refractivity contribution in [1.29, 1.82) is 0 Å². The SMILES string of the molecule is CSCCC(NC(=O)c1cccc(C)c1)C(=O)N(C)c1ccccc1. The Labute approximate surface area is 153 Å². The number of carbonyl (C=O) groups is 2. The van der Waals surface area contributed by atoms with Crippen LogP contribution in [0.2, 0.25) is 0 Å². The van der Waals surface area contributed by atoms with Crippen LogP contribution in [0.3, 0.4) is 0 Å². The summed E-state index contributed by atoms with van der Waals surface area (Å²) in [5, 5.41) is 2.90. The highest BCUT2D eigenvalue weighted by Gasteiger charge is 2.24. The van der Waals surface area contributed by atoms with E-state index >= 15 is 0 Å². The van der Waals surface area contributed by atoms with Gasteiger partial charge in [-0.05, 0) is 49.6 Å². The molecule has 1 N–H and O–H groups in total. The van der Waals surface area contributed by atoms with Crippen molar-refractivity contribution in [3.63, 3.8) is 0 Å². The second kappa shape index (κ2) is 9.28. The van der Waals surface area contributed by atoms with Gasteiger partial charge < -0.3 is 10.2 Å². The van der Waals surface area contributed by atoms with Gasteiger partial charge in [0.1, 0.15) is 6.04 Å². The number of anilines is 1. The third-order valence-corrected chi connectivity index (χ3v) is 4.61. The maximum atomic E-state index is 12.9. The van der Waals surface area contributed by atoms with Crippen LogP contribution in [-0.4, -0.2) is 36.9 Å². The smallest absolute Gasteiger partial charge is 0.251 e. The van der Waals surface area contributed by atoms with Gasteiger partial charge in [0.15, 0.2) is 0 Å².